The zero-order valence-corrected chi connectivity index (χ0v) is 12.7. The van der Waals surface area contributed by atoms with Crippen molar-refractivity contribution in [2.24, 2.45) is 0 Å². The molecule has 7 nitrogen and oxygen atoms in total. The Kier molecular flexibility index (Phi) is 5.46. The molecule has 1 fully saturated rings. The Hall–Kier alpha value is -1.73. The van der Waals surface area contributed by atoms with Crippen LogP contribution in [0.5, 0.6) is 0 Å². The Balaban J connectivity index is 1.87. The molecule has 0 bridgehead atoms. The Labute approximate surface area is 125 Å². The normalized spacial score (nSPS) is 18.4. The van der Waals surface area contributed by atoms with Crippen LogP contribution in [0.25, 0.3) is 0 Å². The third-order valence-electron chi connectivity index (χ3n) is 4.03. The Morgan fingerprint density at radius 1 is 1.43 bits per heavy atom. The molecule has 2 heterocycles. The van der Waals surface area contributed by atoms with Crippen molar-refractivity contribution in [2.75, 3.05) is 44.6 Å². The van der Waals surface area contributed by atoms with Crippen molar-refractivity contribution in [1.29, 1.82) is 0 Å². The second-order valence-electron chi connectivity index (χ2n) is 5.33. The number of nitro groups is 1. The molecule has 1 saturated heterocycles. The largest absolute Gasteiger partial charge is 0.363 e. The number of anilines is 1. The fourth-order valence-corrected chi connectivity index (χ4v) is 2.57. The van der Waals surface area contributed by atoms with E-state index in [4.69, 9.17) is 0 Å². The van der Waals surface area contributed by atoms with Crippen LogP contribution < -0.4 is 5.32 Å². The van der Waals surface area contributed by atoms with E-state index >= 15 is 0 Å². The molecule has 7 heteroatoms. The summed E-state index contributed by atoms with van der Waals surface area (Å²) in [4.78, 5) is 19.4. The summed E-state index contributed by atoms with van der Waals surface area (Å²) >= 11 is 0. The first-order valence-electron chi connectivity index (χ1n) is 7.41. The number of aromatic nitrogens is 1. The summed E-state index contributed by atoms with van der Waals surface area (Å²) in [5.41, 5.74) is 0.0282. The maximum absolute atomic E-state index is 10.9. The summed E-state index contributed by atoms with van der Waals surface area (Å²) in [5, 5.41) is 14.1. The highest BCUT2D eigenvalue weighted by Crippen LogP contribution is 2.20. The van der Waals surface area contributed by atoms with Gasteiger partial charge in [0.05, 0.1) is 4.92 Å². The quantitative estimate of drug-likeness (QED) is 0.632. The van der Waals surface area contributed by atoms with Gasteiger partial charge in [-0.05, 0) is 19.5 Å². The molecule has 1 unspecified atom stereocenters. The molecule has 0 aliphatic carbocycles. The summed E-state index contributed by atoms with van der Waals surface area (Å²) in [6, 6.07) is 3.38. The molecule has 1 aliphatic heterocycles. The lowest BCUT2D eigenvalue weighted by Gasteiger charge is -2.37. The third kappa shape index (κ3) is 4.12. The fourth-order valence-electron chi connectivity index (χ4n) is 2.57. The maximum Gasteiger partial charge on any atom is 0.311 e. The lowest BCUT2D eigenvalue weighted by molar-refractivity contribution is -0.384. The van der Waals surface area contributed by atoms with E-state index in [1.165, 1.54) is 6.07 Å². The molecular weight excluding hydrogens is 270 g/mol. The molecule has 1 aliphatic rings. The van der Waals surface area contributed by atoms with Crippen molar-refractivity contribution in [3.05, 3.63) is 28.4 Å². The second-order valence-corrected chi connectivity index (χ2v) is 5.33. The highest BCUT2D eigenvalue weighted by Gasteiger charge is 2.21. The first kappa shape index (κ1) is 15.7. The first-order valence-corrected chi connectivity index (χ1v) is 7.41. The van der Waals surface area contributed by atoms with E-state index in [1.807, 2.05) is 0 Å². The summed E-state index contributed by atoms with van der Waals surface area (Å²) in [7, 11) is 0. The summed E-state index contributed by atoms with van der Waals surface area (Å²) < 4.78 is 0. The first-order chi connectivity index (χ1) is 10.1. The van der Waals surface area contributed by atoms with Crippen molar-refractivity contribution in [3.63, 3.8) is 0 Å². The van der Waals surface area contributed by atoms with E-state index in [0.717, 1.165) is 32.7 Å². The van der Waals surface area contributed by atoms with Crippen molar-refractivity contribution in [3.8, 4) is 0 Å². The van der Waals surface area contributed by atoms with Gasteiger partial charge in [0, 0.05) is 51.0 Å². The minimum atomic E-state index is -0.403. The van der Waals surface area contributed by atoms with Crippen molar-refractivity contribution in [2.45, 2.75) is 19.9 Å². The van der Waals surface area contributed by atoms with Crippen LogP contribution in [0.15, 0.2) is 18.3 Å². The molecule has 2 rings (SSSR count). The van der Waals surface area contributed by atoms with E-state index in [0.29, 0.717) is 18.4 Å². The molecule has 0 radical (unpaired) electrons. The molecule has 0 saturated carbocycles. The van der Waals surface area contributed by atoms with Crippen LogP contribution in [-0.2, 0) is 0 Å². The van der Waals surface area contributed by atoms with Gasteiger partial charge in [-0.15, -0.1) is 0 Å². The number of rotatable bonds is 6. The highest BCUT2D eigenvalue weighted by atomic mass is 16.6. The van der Waals surface area contributed by atoms with Gasteiger partial charge in [0.15, 0.2) is 0 Å². The van der Waals surface area contributed by atoms with Gasteiger partial charge in [0.25, 0.3) is 0 Å². The lowest BCUT2D eigenvalue weighted by Crippen LogP contribution is -2.51. The van der Waals surface area contributed by atoms with Crippen LogP contribution >= 0.6 is 0 Å². The van der Waals surface area contributed by atoms with E-state index in [1.54, 1.807) is 12.3 Å². The number of nitrogens with one attached hydrogen (secondary N) is 1. The Morgan fingerprint density at radius 2 is 2.14 bits per heavy atom. The van der Waals surface area contributed by atoms with Crippen LogP contribution in [0.1, 0.15) is 13.8 Å². The molecule has 1 aromatic heterocycles. The number of hydrogen-bond donors (Lipinski definition) is 1. The Morgan fingerprint density at radius 3 is 2.76 bits per heavy atom. The average Bonchev–Trinajstić information content (AvgIpc) is 2.52. The number of likely N-dealkylation sites (N-methyl/N-ethyl adjacent to an activating group) is 1. The van der Waals surface area contributed by atoms with Gasteiger partial charge in [-0.3, -0.25) is 15.0 Å². The SMILES string of the molecule is CCN1CCN(C(C)CNc2ncccc2[N+](=O)[O-])CC1. The standard InChI is InChI=1S/C14H23N5O2/c1-3-17-7-9-18(10-8-17)12(2)11-16-14-13(19(20)21)5-4-6-15-14/h4-6,12H,3,7-11H2,1-2H3,(H,15,16). The predicted octanol–water partition coefficient (Wildman–Crippen LogP) is 1.43. The second kappa shape index (κ2) is 7.33. The Bertz CT molecular complexity index is 474. The highest BCUT2D eigenvalue weighted by molar-refractivity contribution is 5.55. The average molecular weight is 293 g/mol. The monoisotopic (exact) mass is 293 g/mol. The molecule has 1 N–H and O–H groups in total. The number of nitrogens with zero attached hydrogens (tertiary/aromatic N) is 4. The van der Waals surface area contributed by atoms with Gasteiger partial charge in [-0.2, -0.15) is 0 Å². The summed E-state index contributed by atoms with van der Waals surface area (Å²) in [5.74, 6) is 0.349. The van der Waals surface area contributed by atoms with Gasteiger partial charge < -0.3 is 10.2 Å². The third-order valence-corrected chi connectivity index (χ3v) is 4.03. The maximum atomic E-state index is 10.9. The van der Waals surface area contributed by atoms with Crippen LogP contribution in [0.4, 0.5) is 11.5 Å². The van der Waals surface area contributed by atoms with E-state index in [9.17, 15) is 10.1 Å². The molecule has 1 aromatic rings. The predicted molar refractivity (Wildman–Crippen MR) is 82.5 cm³/mol. The zero-order valence-electron chi connectivity index (χ0n) is 12.7. The van der Waals surface area contributed by atoms with Crippen LogP contribution in [0.2, 0.25) is 0 Å². The molecule has 1 atom stereocenters. The van der Waals surface area contributed by atoms with Gasteiger partial charge in [-0.1, -0.05) is 6.92 Å². The van der Waals surface area contributed by atoms with Crippen LogP contribution in [0, 0.1) is 10.1 Å². The van der Waals surface area contributed by atoms with E-state index in [2.05, 4.69) is 33.9 Å². The molecule has 116 valence electrons. The summed E-state index contributed by atoms with van der Waals surface area (Å²) in [6.45, 7) is 10.3. The summed E-state index contributed by atoms with van der Waals surface area (Å²) in [6.07, 6.45) is 1.57. The van der Waals surface area contributed by atoms with Crippen LogP contribution in [-0.4, -0.2) is 65.0 Å². The van der Waals surface area contributed by atoms with Crippen molar-refractivity contribution in [1.82, 2.24) is 14.8 Å². The minimum absolute atomic E-state index is 0.0282. The zero-order chi connectivity index (χ0) is 15.2. The van der Waals surface area contributed by atoms with Gasteiger partial charge in [0.1, 0.15) is 0 Å². The topological polar surface area (TPSA) is 74.5 Å². The van der Waals surface area contributed by atoms with Crippen molar-refractivity contribution >= 4 is 11.5 Å². The van der Waals surface area contributed by atoms with Gasteiger partial charge in [0.2, 0.25) is 5.82 Å². The van der Waals surface area contributed by atoms with Crippen molar-refractivity contribution < 1.29 is 4.92 Å². The van der Waals surface area contributed by atoms with Crippen LogP contribution in [0.3, 0.4) is 0 Å². The molecule has 0 aromatic carbocycles. The van der Waals surface area contributed by atoms with Gasteiger partial charge in [-0.25, -0.2) is 4.98 Å². The smallest absolute Gasteiger partial charge is 0.311 e. The van der Waals surface area contributed by atoms with E-state index in [-0.39, 0.29) is 5.69 Å². The number of hydrogen-bond acceptors (Lipinski definition) is 6. The molecular formula is C14H23N5O2. The van der Waals surface area contributed by atoms with E-state index < -0.39 is 4.92 Å². The molecule has 0 spiro atoms. The molecule has 21 heavy (non-hydrogen) atoms. The fraction of sp³-hybridized carbons (Fsp3) is 0.643. The van der Waals surface area contributed by atoms with Gasteiger partial charge >= 0.3 is 5.69 Å². The lowest BCUT2D eigenvalue weighted by atomic mass is 10.2. The molecule has 0 amide bonds. The number of pyridine rings is 1. The minimum Gasteiger partial charge on any atom is -0.363 e. The number of piperazine rings is 1.